The van der Waals surface area contributed by atoms with Crippen molar-refractivity contribution in [2.24, 2.45) is 5.92 Å². The molecule has 7 heteroatoms. The fourth-order valence-electron chi connectivity index (χ4n) is 2.77. The number of hydrogen-bond donors (Lipinski definition) is 2. The van der Waals surface area contributed by atoms with E-state index in [1.807, 2.05) is 38.6 Å². The Morgan fingerprint density at radius 2 is 1.76 bits per heavy atom. The molecule has 0 bridgehead atoms. The normalized spacial score (nSPS) is 12.6. The standard InChI is InChI=1S/C18H29NO5Si/c1-4-23-25(3,24-5-2)13-9-10-15(14-17(20)21)18(22)19-16-11-7-6-8-12-16/h6-8,11-12,15H,4-5,9-10,13-14H2,1-3H3,(H,19,22)(H,20,21). The van der Waals surface area contributed by atoms with Gasteiger partial charge in [0.05, 0.1) is 6.42 Å². The number of amides is 1. The van der Waals surface area contributed by atoms with Gasteiger partial charge in [0.25, 0.3) is 0 Å². The van der Waals surface area contributed by atoms with Gasteiger partial charge in [-0.2, -0.15) is 0 Å². The molecule has 6 nitrogen and oxygen atoms in total. The van der Waals surface area contributed by atoms with Crippen molar-refractivity contribution >= 4 is 26.1 Å². The van der Waals surface area contributed by atoms with Gasteiger partial charge in [-0.1, -0.05) is 24.6 Å². The molecule has 0 aliphatic carbocycles. The van der Waals surface area contributed by atoms with Crippen molar-refractivity contribution < 1.29 is 23.5 Å². The molecule has 140 valence electrons. The Balaban J connectivity index is 2.63. The molecule has 1 unspecified atom stereocenters. The third-order valence-electron chi connectivity index (χ3n) is 3.92. The zero-order chi connectivity index (χ0) is 18.7. The van der Waals surface area contributed by atoms with Crippen molar-refractivity contribution in [1.82, 2.24) is 0 Å². The van der Waals surface area contributed by atoms with Crippen LogP contribution in [-0.2, 0) is 18.4 Å². The van der Waals surface area contributed by atoms with Crippen molar-refractivity contribution in [2.75, 3.05) is 18.5 Å². The minimum Gasteiger partial charge on any atom is -0.481 e. The van der Waals surface area contributed by atoms with Crippen LogP contribution in [0.4, 0.5) is 5.69 Å². The molecule has 0 spiro atoms. The van der Waals surface area contributed by atoms with Crippen LogP contribution in [0.15, 0.2) is 30.3 Å². The molecule has 0 saturated carbocycles. The fraction of sp³-hybridized carbons (Fsp3) is 0.556. The van der Waals surface area contributed by atoms with Gasteiger partial charge in [-0.25, -0.2) is 0 Å². The number of aliphatic carboxylic acids is 1. The monoisotopic (exact) mass is 367 g/mol. The molecule has 0 heterocycles. The van der Waals surface area contributed by atoms with Gasteiger partial charge in [0.15, 0.2) is 0 Å². The molecule has 2 N–H and O–H groups in total. The minimum atomic E-state index is -2.24. The highest BCUT2D eigenvalue weighted by molar-refractivity contribution is 6.66. The molecule has 0 aliphatic heterocycles. The summed E-state index contributed by atoms with van der Waals surface area (Å²) < 4.78 is 11.6. The van der Waals surface area contributed by atoms with Crippen LogP contribution in [-0.4, -0.2) is 38.8 Å². The van der Waals surface area contributed by atoms with Crippen LogP contribution in [0.1, 0.15) is 33.1 Å². The van der Waals surface area contributed by atoms with Crippen molar-refractivity contribution in [1.29, 1.82) is 0 Å². The number of hydrogen-bond acceptors (Lipinski definition) is 4. The smallest absolute Gasteiger partial charge is 0.334 e. The van der Waals surface area contributed by atoms with Crippen LogP contribution >= 0.6 is 0 Å². The van der Waals surface area contributed by atoms with E-state index in [2.05, 4.69) is 5.32 Å². The molecule has 1 amide bonds. The van der Waals surface area contributed by atoms with E-state index in [1.165, 1.54) is 0 Å². The number of anilines is 1. The first-order valence-electron chi connectivity index (χ1n) is 8.75. The molecule has 0 saturated heterocycles. The highest BCUT2D eigenvalue weighted by Crippen LogP contribution is 2.22. The largest absolute Gasteiger partial charge is 0.481 e. The number of carbonyl (C=O) groups excluding carboxylic acids is 1. The topological polar surface area (TPSA) is 84.9 Å². The molecule has 0 aromatic heterocycles. The summed E-state index contributed by atoms with van der Waals surface area (Å²) in [5, 5.41) is 11.9. The van der Waals surface area contributed by atoms with Crippen molar-refractivity contribution in [3.05, 3.63) is 30.3 Å². The van der Waals surface area contributed by atoms with E-state index in [9.17, 15) is 9.59 Å². The molecule has 25 heavy (non-hydrogen) atoms. The number of benzene rings is 1. The summed E-state index contributed by atoms with van der Waals surface area (Å²) in [6, 6.07) is 9.81. The van der Waals surface area contributed by atoms with Gasteiger partial charge in [-0.05, 0) is 45.0 Å². The van der Waals surface area contributed by atoms with Crippen molar-refractivity contribution in [3.63, 3.8) is 0 Å². The van der Waals surface area contributed by atoms with Crippen molar-refractivity contribution in [2.45, 2.75) is 45.7 Å². The van der Waals surface area contributed by atoms with Crippen LogP contribution in [0.2, 0.25) is 12.6 Å². The number of carboxylic acids is 1. The molecule has 1 rings (SSSR count). The van der Waals surface area contributed by atoms with Gasteiger partial charge >= 0.3 is 14.5 Å². The Kier molecular flexibility index (Phi) is 9.40. The predicted octanol–water partition coefficient (Wildman–Crippen LogP) is 3.64. The molecule has 0 radical (unpaired) electrons. The Hall–Kier alpha value is -1.70. The average Bonchev–Trinajstić information content (AvgIpc) is 2.55. The molecular formula is C18H29NO5Si. The van der Waals surface area contributed by atoms with Gasteiger partial charge in [0.1, 0.15) is 0 Å². The number of para-hydroxylation sites is 1. The Bertz CT molecular complexity index is 532. The summed E-state index contributed by atoms with van der Waals surface area (Å²) in [5.74, 6) is -1.80. The zero-order valence-corrected chi connectivity index (χ0v) is 16.3. The summed E-state index contributed by atoms with van der Waals surface area (Å²) in [5.41, 5.74) is 0.672. The van der Waals surface area contributed by atoms with E-state index in [0.717, 1.165) is 6.04 Å². The summed E-state index contributed by atoms with van der Waals surface area (Å²) in [4.78, 5) is 23.5. The average molecular weight is 368 g/mol. The summed E-state index contributed by atoms with van der Waals surface area (Å²) in [7, 11) is -2.24. The second-order valence-corrected chi connectivity index (χ2v) is 9.39. The quantitative estimate of drug-likeness (QED) is 0.551. The van der Waals surface area contributed by atoms with E-state index in [-0.39, 0.29) is 12.3 Å². The van der Waals surface area contributed by atoms with Crippen LogP contribution in [0, 0.1) is 5.92 Å². The highest BCUT2D eigenvalue weighted by atomic mass is 28.4. The molecule has 0 fully saturated rings. The van der Waals surface area contributed by atoms with Gasteiger partial charge in [0, 0.05) is 24.8 Å². The molecule has 1 atom stereocenters. The van der Waals surface area contributed by atoms with Crippen LogP contribution in [0.25, 0.3) is 0 Å². The summed E-state index contributed by atoms with van der Waals surface area (Å²) in [6.45, 7) is 7.07. The lowest BCUT2D eigenvalue weighted by Gasteiger charge is -2.26. The first-order valence-corrected chi connectivity index (χ1v) is 11.3. The lowest BCUT2D eigenvalue weighted by atomic mass is 9.98. The van der Waals surface area contributed by atoms with Crippen LogP contribution < -0.4 is 5.32 Å². The minimum absolute atomic E-state index is 0.180. The Morgan fingerprint density at radius 1 is 1.16 bits per heavy atom. The number of carbonyl (C=O) groups is 2. The maximum atomic E-state index is 12.4. The second kappa shape index (κ2) is 11.0. The van der Waals surface area contributed by atoms with Gasteiger partial charge in [0.2, 0.25) is 5.91 Å². The zero-order valence-electron chi connectivity index (χ0n) is 15.3. The van der Waals surface area contributed by atoms with Gasteiger partial charge in [-0.15, -0.1) is 0 Å². The van der Waals surface area contributed by atoms with Crippen LogP contribution in [0.3, 0.4) is 0 Å². The van der Waals surface area contributed by atoms with E-state index in [1.54, 1.807) is 12.1 Å². The lowest BCUT2D eigenvalue weighted by Crippen LogP contribution is -2.39. The van der Waals surface area contributed by atoms with Gasteiger partial charge in [-0.3, -0.25) is 9.59 Å². The van der Waals surface area contributed by atoms with Gasteiger partial charge < -0.3 is 19.3 Å². The predicted molar refractivity (Wildman–Crippen MR) is 99.7 cm³/mol. The SMILES string of the molecule is CCO[Si](C)(CCCC(CC(=O)O)C(=O)Nc1ccccc1)OCC. The third-order valence-corrected chi connectivity index (χ3v) is 6.98. The summed E-state index contributed by atoms with van der Waals surface area (Å²) >= 11 is 0. The molecule has 0 aliphatic rings. The first kappa shape index (κ1) is 21.3. The fourth-order valence-corrected chi connectivity index (χ4v) is 5.21. The van der Waals surface area contributed by atoms with E-state index in [0.29, 0.717) is 31.7 Å². The van der Waals surface area contributed by atoms with E-state index < -0.39 is 20.4 Å². The summed E-state index contributed by atoms with van der Waals surface area (Å²) in [6.07, 6.45) is 1.01. The molecule has 1 aromatic carbocycles. The van der Waals surface area contributed by atoms with Crippen molar-refractivity contribution in [3.8, 4) is 0 Å². The maximum Gasteiger partial charge on any atom is 0.334 e. The Morgan fingerprint density at radius 3 is 2.28 bits per heavy atom. The number of rotatable bonds is 12. The molecular weight excluding hydrogens is 338 g/mol. The number of nitrogens with one attached hydrogen (secondary N) is 1. The van der Waals surface area contributed by atoms with E-state index in [4.69, 9.17) is 14.0 Å². The highest BCUT2D eigenvalue weighted by Gasteiger charge is 2.31. The van der Waals surface area contributed by atoms with Crippen LogP contribution in [0.5, 0.6) is 0 Å². The maximum absolute atomic E-state index is 12.4. The third kappa shape index (κ3) is 8.29. The lowest BCUT2D eigenvalue weighted by molar-refractivity contribution is -0.140. The van der Waals surface area contributed by atoms with E-state index >= 15 is 0 Å². The first-order chi connectivity index (χ1) is 11.9. The second-order valence-electron chi connectivity index (χ2n) is 6.04. The molecule has 1 aromatic rings. The Labute approximate surface area is 150 Å². The number of carboxylic acid groups (broad SMARTS) is 1.